The number of nitrogens with zero attached hydrogens (tertiary/aromatic N) is 3. The molecular weight excluding hydrogens is 450 g/mol. The quantitative estimate of drug-likeness (QED) is 0.562. The lowest BCUT2D eigenvalue weighted by molar-refractivity contribution is -0.136. The van der Waals surface area contributed by atoms with Gasteiger partial charge in [0, 0.05) is 25.3 Å². The van der Waals surface area contributed by atoms with Crippen LogP contribution in [-0.4, -0.2) is 77.5 Å². The largest absolute Gasteiger partial charge is 0.453 e. The Morgan fingerprint density at radius 1 is 1.23 bits per heavy atom. The van der Waals surface area contributed by atoms with Gasteiger partial charge in [-0.05, 0) is 69.8 Å². The van der Waals surface area contributed by atoms with Crippen molar-refractivity contribution < 1.29 is 24.2 Å². The van der Waals surface area contributed by atoms with Crippen LogP contribution in [0.2, 0.25) is 0 Å². The van der Waals surface area contributed by atoms with Gasteiger partial charge in [0.15, 0.2) is 0 Å². The molecule has 4 aliphatic carbocycles. The Balaban J connectivity index is 1.38. The molecule has 1 aromatic rings. The SMILES string of the molecule is COC(=O)NC(C)(C)C=Cn1ncc(C(=O)NC2C3CC4CC2CC(O)(C4)C3)c1N1CCOCC1. The molecule has 2 atom stereocenters. The van der Waals surface area contributed by atoms with Crippen LogP contribution in [0.5, 0.6) is 0 Å². The van der Waals surface area contributed by atoms with E-state index in [0.717, 1.165) is 37.9 Å². The van der Waals surface area contributed by atoms with E-state index in [0.29, 0.717) is 49.6 Å². The summed E-state index contributed by atoms with van der Waals surface area (Å²) in [6, 6.07) is 0.0962. The molecule has 10 nitrogen and oxygen atoms in total. The first-order valence-corrected chi connectivity index (χ1v) is 12.7. The van der Waals surface area contributed by atoms with Crippen LogP contribution in [0, 0.1) is 17.8 Å². The molecule has 3 N–H and O–H groups in total. The Kier molecular flexibility index (Phi) is 6.29. The van der Waals surface area contributed by atoms with Crippen molar-refractivity contribution in [3.63, 3.8) is 0 Å². The molecule has 5 aliphatic rings. The molecule has 2 unspecified atom stereocenters. The first kappa shape index (κ1) is 24.1. The van der Waals surface area contributed by atoms with Gasteiger partial charge in [0.2, 0.25) is 0 Å². The number of ether oxygens (including phenoxy) is 2. The van der Waals surface area contributed by atoms with Crippen molar-refractivity contribution in [3.8, 4) is 0 Å². The summed E-state index contributed by atoms with van der Waals surface area (Å²) in [5.74, 6) is 1.86. The molecule has 6 rings (SSSR count). The van der Waals surface area contributed by atoms with E-state index in [1.807, 2.05) is 19.9 Å². The van der Waals surface area contributed by atoms with Crippen LogP contribution in [0.4, 0.5) is 10.6 Å². The molecule has 2 heterocycles. The zero-order valence-electron chi connectivity index (χ0n) is 20.8. The van der Waals surface area contributed by atoms with Crippen LogP contribution in [0.1, 0.15) is 56.3 Å². The number of aliphatic hydroxyl groups is 1. The third-order valence-electron chi connectivity index (χ3n) is 8.11. The Morgan fingerprint density at radius 3 is 2.54 bits per heavy atom. The maximum atomic E-state index is 13.6. The summed E-state index contributed by atoms with van der Waals surface area (Å²) in [6.45, 7) is 6.19. The fourth-order valence-electron chi connectivity index (χ4n) is 6.77. The van der Waals surface area contributed by atoms with E-state index in [1.54, 1.807) is 17.1 Å². The molecule has 192 valence electrons. The Bertz CT molecular complexity index is 982. The second-order valence-electron chi connectivity index (χ2n) is 11.3. The van der Waals surface area contributed by atoms with Gasteiger partial charge in [0.05, 0.1) is 37.7 Å². The summed E-state index contributed by atoms with van der Waals surface area (Å²) >= 11 is 0. The molecule has 0 radical (unpaired) electrons. The Morgan fingerprint density at radius 2 is 1.91 bits per heavy atom. The van der Waals surface area contributed by atoms with Gasteiger partial charge in [-0.3, -0.25) is 4.79 Å². The zero-order chi connectivity index (χ0) is 24.8. The molecule has 1 aliphatic heterocycles. The van der Waals surface area contributed by atoms with Crippen LogP contribution in [-0.2, 0) is 9.47 Å². The molecule has 1 aromatic heterocycles. The summed E-state index contributed by atoms with van der Waals surface area (Å²) in [5.41, 5.74) is -0.676. The Hall–Kier alpha value is -2.59. The number of carbonyl (C=O) groups is 2. The molecule has 35 heavy (non-hydrogen) atoms. The van der Waals surface area contributed by atoms with Crippen molar-refractivity contribution >= 4 is 24.0 Å². The van der Waals surface area contributed by atoms with Crippen LogP contribution in [0.25, 0.3) is 6.20 Å². The summed E-state index contributed by atoms with van der Waals surface area (Å²) in [4.78, 5) is 27.4. The topological polar surface area (TPSA) is 118 Å². The van der Waals surface area contributed by atoms with E-state index in [4.69, 9.17) is 9.47 Å². The fraction of sp³-hybridized carbons (Fsp3) is 0.720. The molecule has 1 saturated heterocycles. The molecule has 10 heteroatoms. The lowest BCUT2D eigenvalue weighted by atomic mass is 9.52. The number of hydrogen-bond acceptors (Lipinski definition) is 7. The number of aromatic nitrogens is 2. The van der Waals surface area contributed by atoms with Gasteiger partial charge in [0.25, 0.3) is 5.91 Å². The minimum absolute atomic E-state index is 0.0962. The summed E-state index contributed by atoms with van der Waals surface area (Å²) in [6.07, 6.45) is 9.36. The van der Waals surface area contributed by atoms with Crippen molar-refractivity contribution in [3.05, 3.63) is 17.8 Å². The standard InChI is InChI=1S/C25H37N5O5/c1-24(2,28-23(32)34-3)4-5-30-22(29-6-8-35-9-7-29)19(15-26-30)21(31)27-20-17-10-16-11-18(20)14-25(33,12-16)13-17/h4-5,15-18,20,33H,6-14H2,1-3H3,(H,27,31)(H,28,32). The van der Waals surface area contributed by atoms with E-state index in [1.165, 1.54) is 7.11 Å². The average Bonchev–Trinajstić information content (AvgIpc) is 3.23. The van der Waals surface area contributed by atoms with Gasteiger partial charge in [-0.25, -0.2) is 9.48 Å². The Labute approximate surface area is 206 Å². The first-order chi connectivity index (χ1) is 16.7. The highest BCUT2D eigenvalue weighted by molar-refractivity contribution is 5.99. The number of methoxy groups -OCH3 is 1. The van der Waals surface area contributed by atoms with E-state index in [-0.39, 0.29) is 11.9 Å². The third-order valence-corrected chi connectivity index (χ3v) is 8.11. The van der Waals surface area contributed by atoms with Crippen LogP contribution < -0.4 is 15.5 Å². The predicted octanol–water partition coefficient (Wildman–Crippen LogP) is 1.99. The summed E-state index contributed by atoms with van der Waals surface area (Å²) in [7, 11) is 1.33. The molecular formula is C25H37N5O5. The highest BCUT2D eigenvalue weighted by Gasteiger charge is 2.55. The van der Waals surface area contributed by atoms with Gasteiger partial charge in [-0.15, -0.1) is 0 Å². The third kappa shape index (κ3) is 4.91. The lowest BCUT2D eigenvalue weighted by Gasteiger charge is -2.58. The fourth-order valence-corrected chi connectivity index (χ4v) is 6.77. The maximum Gasteiger partial charge on any atom is 0.407 e. The van der Waals surface area contributed by atoms with E-state index < -0.39 is 17.2 Å². The first-order valence-electron chi connectivity index (χ1n) is 12.7. The average molecular weight is 488 g/mol. The van der Waals surface area contributed by atoms with Crippen LogP contribution >= 0.6 is 0 Å². The zero-order valence-corrected chi connectivity index (χ0v) is 20.8. The van der Waals surface area contributed by atoms with Gasteiger partial charge >= 0.3 is 6.09 Å². The molecule has 2 amide bonds. The number of hydrogen-bond donors (Lipinski definition) is 3. The minimum Gasteiger partial charge on any atom is -0.453 e. The van der Waals surface area contributed by atoms with Crippen molar-refractivity contribution in [2.75, 3.05) is 38.3 Å². The lowest BCUT2D eigenvalue weighted by Crippen LogP contribution is -2.61. The van der Waals surface area contributed by atoms with E-state index in [9.17, 15) is 14.7 Å². The van der Waals surface area contributed by atoms with Gasteiger partial charge in [0.1, 0.15) is 11.4 Å². The van der Waals surface area contributed by atoms with Crippen molar-refractivity contribution in [2.45, 2.75) is 63.1 Å². The monoisotopic (exact) mass is 487 g/mol. The number of rotatable bonds is 6. The van der Waals surface area contributed by atoms with Crippen molar-refractivity contribution in [1.82, 2.24) is 20.4 Å². The molecule has 0 aromatic carbocycles. The molecule has 4 saturated carbocycles. The van der Waals surface area contributed by atoms with Crippen LogP contribution in [0.3, 0.4) is 0 Å². The summed E-state index contributed by atoms with van der Waals surface area (Å²) < 4.78 is 11.9. The summed E-state index contributed by atoms with van der Waals surface area (Å²) in [5, 5.41) is 21.5. The smallest absolute Gasteiger partial charge is 0.407 e. The second kappa shape index (κ2) is 9.13. The number of alkyl carbamates (subject to hydrolysis) is 1. The molecule has 0 spiro atoms. The number of amides is 2. The second-order valence-corrected chi connectivity index (χ2v) is 11.3. The molecule has 4 bridgehead atoms. The number of nitrogens with one attached hydrogen (secondary N) is 2. The van der Waals surface area contributed by atoms with E-state index in [2.05, 4.69) is 20.6 Å². The predicted molar refractivity (Wildman–Crippen MR) is 130 cm³/mol. The highest BCUT2D eigenvalue weighted by Crippen LogP contribution is 2.55. The van der Waals surface area contributed by atoms with E-state index >= 15 is 0 Å². The number of carbonyl (C=O) groups excluding carboxylic acids is 2. The highest BCUT2D eigenvalue weighted by atomic mass is 16.5. The van der Waals surface area contributed by atoms with Gasteiger partial charge in [-0.2, -0.15) is 5.10 Å². The van der Waals surface area contributed by atoms with Gasteiger partial charge in [-0.1, -0.05) is 0 Å². The van der Waals surface area contributed by atoms with Gasteiger partial charge < -0.3 is 30.1 Å². The van der Waals surface area contributed by atoms with Crippen LogP contribution in [0.15, 0.2) is 12.3 Å². The van der Waals surface area contributed by atoms with Crippen molar-refractivity contribution in [2.24, 2.45) is 17.8 Å². The number of morpholine rings is 1. The number of anilines is 1. The minimum atomic E-state index is -0.676. The van der Waals surface area contributed by atoms with Crippen molar-refractivity contribution in [1.29, 1.82) is 0 Å². The maximum absolute atomic E-state index is 13.6. The molecule has 5 fully saturated rings. The normalized spacial score (nSPS) is 32.2.